The molecule has 0 unspecified atom stereocenters. The van der Waals surface area contributed by atoms with Crippen molar-refractivity contribution in [2.75, 3.05) is 13.2 Å². The summed E-state index contributed by atoms with van der Waals surface area (Å²) in [5.74, 6) is -0.157. The van der Waals surface area contributed by atoms with E-state index in [1.165, 1.54) is 0 Å². The molecule has 1 aromatic heterocycles. The highest BCUT2D eigenvalue weighted by atomic mass is 19.4. The second-order valence-corrected chi connectivity index (χ2v) is 9.98. The van der Waals surface area contributed by atoms with E-state index in [0.29, 0.717) is 18.6 Å². The lowest BCUT2D eigenvalue weighted by molar-refractivity contribution is -0.158. The van der Waals surface area contributed by atoms with Gasteiger partial charge in [-0.15, -0.1) is 5.10 Å². The molecule has 0 bridgehead atoms. The number of rotatable bonds is 17. The molecule has 1 heterocycles. The summed E-state index contributed by atoms with van der Waals surface area (Å²) in [5, 5.41) is 3.92. The molecule has 0 aliphatic heterocycles. The number of hydrogen-bond donors (Lipinski definition) is 0. The van der Waals surface area contributed by atoms with Crippen LogP contribution >= 0.6 is 0 Å². The molecule has 0 amide bonds. The van der Waals surface area contributed by atoms with E-state index in [4.69, 9.17) is 14.2 Å². The molecule has 1 aromatic carbocycles. The minimum absolute atomic E-state index is 0.145. The van der Waals surface area contributed by atoms with Gasteiger partial charge in [-0.3, -0.25) is 9.36 Å². The summed E-state index contributed by atoms with van der Waals surface area (Å²) < 4.78 is 56.0. The van der Waals surface area contributed by atoms with Gasteiger partial charge in [-0.25, -0.2) is 14.3 Å². The zero-order valence-electron chi connectivity index (χ0n) is 23.7. The predicted molar refractivity (Wildman–Crippen MR) is 144 cm³/mol. The smallest absolute Gasteiger partial charge is 0.389 e. The van der Waals surface area contributed by atoms with Gasteiger partial charge in [-0.1, -0.05) is 25.5 Å². The predicted octanol–water partition coefficient (Wildman–Crippen LogP) is 5.06. The van der Waals surface area contributed by atoms with Crippen LogP contribution in [0.2, 0.25) is 0 Å². The molecule has 0 spiro atoms. The molecule has 0 N–H and O–H groups in total. The van der Waals surface area contributed by atoms with Crippen molar-refractivity contribution < 1.29 is 32.2 Å². The van der Waals surface area contributed by atoms with E-state index in [1.54, 1.807) is 26.8 Å². The van der Waals surface area contributed by atoms with Gasteiger partial charge in [0.15, 0.2) is 5.60 Å². The number of esters is 1. The summed E-state index contributed by atoms with van der Waals surface area (Å²) in [7, 11) is 0. The summed E-state index contributed by atoms with van der Waals surface area (Å²) in [6, 6.07) is 7.47. The zero-order chi connectivity index (χ0) is 29.8. The van der Waals surface area contributed by atoms with Gasteiger partial charge in [-0.2, -0.15) is 13.2 Å². The third-order valence-corrected chi connectivity index (χ3v) is 6.04. The number of alkyl halides is 3. The molecule has 0 fully saturated rings. The number of halogens is 3. The summed E-state index contributed by atoms with van der Waals surface area (Å²) in [5.41, 5.74) is -1.49. The zero-order valence-corrected chi connectivity index (χ0v) is 23.7. The Morgan fingerprint density at radius 3 is 2.42 bits per heavy atom. The van der Waals surface area contributed by atoms with Crippen LogP contribution in [0.15, 0.2) is 33.9 Å². The van der Waals surface area contributed by atoms with E-state index in [1.807, 2.05) is 25.1 Å². The normalized spacial score (nSPS) is 11.9. The van der Waals surface area contributed by atoms with Gasteiger partial charge in [0.2, 0.25) is 0 Å². The first-order chi connectivity index (χ1) is 18.9. The molecular weight excluding hydrogens is 531 g/mol. The van der Waals surface area contributed by atoms with Gasteiger partial charge < -0.3 is 14.2 Å². The SMILES string of the molecule is CCCCn1c(=O)c(OCCCCCc2cccc(OC(C)(C)C(=O)OCC)c2)nn(CCCC(F)(F)F)c1=O. The van der Waals surface area contributed by atoms with Gasteiger partial charge in [-0.05, 0) is 77.0 Å². The van der Waals surface area contributed by atoms with Gasteiger partial charge in [0.05, 0.1) is 13.2 Å². The number of aromatic nitrogens is 3. The highest BCUT2D eigenvalue weighted by Gasteiger charge is 2.31. The van der Waals surface area contributed by atoms with Crippen molar-refractivity contribution in [2.45, 2.75) is 104 Å². The third-order valence-electron chi connectivity index (χ3n) is 6.04. The number of hydrogen-bond acceptors (Lipinski definition) is 7. The standard InChI is InChI=1S/C28H40F3N3O6/c1-5-7-17-33-24(35)23(32-34(26(33)37)18-12-16-28(29,30)31)39-19-10-8-9-13-21-14-11-15-22(20-21)40-27(3,4)25(36)38-6-2/h11,14-15,20H,5-10,12-13,16-19H2,1-4H3. The topological polar surface area (TPSA) is 102 Å². The average molecular weight is 572 g/mol. The maximum Gasteiger partial charge on any atom is 0.389 e. The van der Waals surface area contributed by atoms with Crippen molar-refractivity contribution >= 4 is 5.97 Å². The van der Waals surface area contributed by atoms with Crippen LogP contribution in [-0.2, 0) is 29.0 Å². The van der Waals surface area contributed by atoms with Crippen molar-refractivity contribution in [1.82, 2.24) is 14.3 Å². The summed E-state index contributed by atoms with van der Waals surface area (Å²) in [6.45, 7) is 7.27. The van der Waals surface area contributed by atoms with Gasteiger partial charge in [0, 0.05) is 19.5 Å². The average Bonchev–Trinajstić information content (AvgIpc) is 2.87. The largest absolute Gasteiger partial charge is 0.476 e. The summed E-state index contributed by atoms with van der Waals surface area (Å²) in [6.07, 6.45) is -1.47. The van der Waals surface area contributed by atoms with Crippen LogP contribution in [-0.4, -0.2) is 45.3 Å². The Kier molecular flexibility index (Phi) is 12.7. The van der Waals surface area contributed by atoms with E-state index >= 15 is 0 Å². The van der Waals surface area contributed by atoms with Crippen molar-refractivity contribution in [2.24, 2.45) is 0 Å². The molecule has 0 saturated heterocycles. The molecule has 12 heteroatoms. The second kappa shape index (κ2) is 15.5. The lowest BCUT2D eigenvalue weighted by Gasteiger charge is -2.24. The number of nitrogens with zero attached hydrogens (tertiary/aromatic N) is 3. The Hall–Kier alpha value is -3.31. The number of carbonyl (C=O) groups excluding carboxylic acids is 1. The van der Waals surface area contributed by atoms with E-state index in [9.17, 15) is 27.6 Å². The number of unbranched alkanes of at least 4 members (excludes halogenated alkanes) is 3. The first-order valence-corrected chi connectivity index (χ1v) is 13.7. The Balaban J connectivity index is 1.92. The molecule has 0 saturated carbocycles. The molecular formula is C28H40F3N3O6. The molecule has 0 aliphatic rings. The highest BCUT2D eigenvalue weighted by Crippen LogP contribution is 2.22. The maximum atomic E-state index is 12.7. The second-order valence-electron chi connectivity index (χ2n) is 9.98. The Morgan fingerprint density at radius 1 is 1.00 bits per heavy atom. The fraction of sp³-hybridized carbons (Fsp3) is 0.643. The van der Waals surface area contributed by atoms with Crippen LogP contribution in [0, 0.1) is 0 Å². The number of carbonyl (C=O) groups is 1. The van der Waals surface area contributed by atoms with Crippen LogP contribution in [0.25, 0.3) is 0 Å². The van der Waals surface area contributed by atoms with Crippen LogP contribution in [0.4, 0.5) is 13.2 Å². The molecule has 9 nitrogen and oxygen atoms in total. The van der Waals surface area contributed by atoms with E-state index in [-0.39, 0.29) is 38.6 Å². The first kappa shape index (κ1) is 32.9. The van der Waals surface area contributed by atoms with E-state index < -0.39 is 35.4 Å². The molecule has 0 radical (unpaired) electrons. The number of ether oxygens (including phenoxy) is 3. The quantitative estimate of drug-likeness (QED) is 0.193. The molecule has 40 heavy (non-hydrogen) atoms. The summed E-state index contributed by atoms with van der Waals surface area (Å²) in [4.78, 5) is 37.4. The Bertz CT molecular complexity index is 1210. The monoisotopic (exact) mass is 571 g/mol. The molecule has 2 rings (SSSR count). The first-order valence-electron chi connectivity index (χ1n) is 13.7. The number of aryl methyl sites for hydroxylation is 2. The number of benzene rings is 1. The fourth-order valence-corrected chi connectivity index (χ4v) is 3.90. The van der Waals surface area contributed by atoms with Crippen LogP contribution in [0.1, 0.15) is 78.2 Å². The Labute approximate surface area is 232 Å². The molecule has 224 valence electrons. The molecule has 0 atom stereocenters. The van der Waals surface area contributed by atoms with Crippen molar-refractivity contribution in [3.05, 3.63) is 50.7 Å². The molecule has 2 aromatic rings. The van der Waals surface area contributed by atoms with Crippen molar-refractivity contribution in [3.63, 3.8) is 0 Å². The minimum Gasteiger partial charge on any atom is -0.476 e. The van der Waals surface area contributed by atoms with Crippen molar-refractivity contribution in [1.29, 1.82) is 0 Å². The lowest BCUT2D eigenvalue weighted by Crippen LogP contribution is -2.42. The third kappa shape index (κ3) is 10.7. The summed E-state index contributed by atoms with van der Waals surface area (Å²) >= 11 is 0. The molecule has 0 aliphatic carbocycles. The maximum absolute atomic E-state index is 12.7. The fourth-order valence-electron chi connectivity index (χ4n) is 3.90. The van der Waals surface area contributed by atoms with Gasteiger partial charge >= 0.3 is 23.4 Å². The van der Waals surface area contributed by atoms with Crippen LogP contribution < -0.4 is 20.7 Å². The van der Waals surface area contributed by atoms with Crippen LogP contribution in [0.5, 0.6) is 11.6 Å². The van der Waals surface area contributed by atoms with Crippen LogP contribution in [0.3, 0.4) is 0 Å². The van der Waals surface area contributed by atoms with E-state index in [2.05, 4.69) is 5.10 Å². The Morgan fingerprint density at radius 2 is 1.75 bits per heavy atom. The van der Waals surface area contributed by atoms with Gasteiger partial charge in [0.1, 0.15) is 5.75 Å². The van der Waals surface area contributed by atoms with Crippen molar-refractivity contribution in [3.8, 4) is 11.6 Å². The van der Waals surface area contributed by atoms with Gasteiger partial charge in [0.25, 0.3) is 5.88 Å². The van der Waals surface area contributed by atoms with E-state index in [0.717, 1.165) is 40.5 Å². The minimum atomic E-state index is -4.34. The lowest BCUT2D eigenvalue weighted by atomic mass is 10.1. The highest BCUT2D eigenvalue weighted by molar-refractivity contribution is 5.79.